The number of benzene rings is 2. The van der Waals surface area contributed by atoms with Crippen LogP contribution in [0.5, 0.6) is 5.75 Å². The van der Waals surface area contributed by atoms with Gasteiger partial charge in [-0.15, -0.1) is 0 Å². The van der Waals surface area contributed by atoms with E-state index < -0.39 is 5.82 Å². The van der Waals surface area contributed by atoms with Crippen molar-refractivity contribution in [2.45, 2.75) is 0 Å². The smallest absolute Gasteiger partial charge is 0.257 e. The van der Waals surface area contributed by atoms with Crippen LogP contribution in [-0.4, -0.2) is 13.0 Å². The van der Waals surface area contributed by atoms with Gasteiger partial charge in [-0.1, -0.05) is 12.1 Å². The Morgan fingerprint density at radius 1 is 1.26 bits per heavy atom. The number of nitrogens with one attached hydrogen (secondary N) is 1. The molecule has 0 aromatic heterocycles. The number of carbonyl (C=O) groups excluding carboxylic acids is 1. The molecule has 0 aliphatic carbocycles. The first-order chi connectivity index (χ1) is 9.11. The predicted octanol–water partition coefficient (Wildman–Crippen LogP) is 2.67. The van der Waals surface area contributed by atoms with Crippen LogP contribution in [-0.2, 0) is 0 Å². The minimum Gasteiger partial charge on any atom is -0.494 e. The van der Waals surface area contributed by atoms with Crippen molar-refractivity contribution in [3.8, 4) is 5.75 Å². The quantitative estimate of drug-likeness (QED) is 0.834. The molecule has 19 heavy (non-hydrogen) atoms. The molecule has 0 saturated heterocycles. The Bertz CT molecular complexity index is 614. The van der Waals surface area contributed by atoms with Gasteiger partial charge in [0.1, 0.15) is 0 Å². The predicted molar refractivity (Wildman–Crippen MR) is 71.8 cm³/mol. The van der Waals surface area contributed by atoms with Gasteiger partial charge in [0.25, 0.3) is 5.91 Å². The number of halogens is 1. The Labute approximate surface area is 110 Å². The molecule has 0 heterocycles. The summed E-state index contributed by atoms with van der Waals surface area (Å²) in [4.78, 5) is 12.0. The van der Waals surface area contributed by atoms with Crippen LogP contribution in [0.15, 0.2) is 42.5 Å². The lowest BCUT2D eigenvalue weighted by Gasteiger charge is -2.08. The maximum absolute atomic E-state index is 13.5. The number of amides is 1. The van der Waals surface area contributed by atoms with Crippen LogP contribution in [0.3, 0.4) is 0 Å². The second kappa shape index (κ2) is 5.39. The van der Waals surface area contributed by atoms with E-state index in [9.17, 15) is 9.18 Å². The SMILES string of the molecule is COc1ccc(NC(=O)c2ccccc2N)cc1F. The van der Waals surface area contributed by atoms with Crippen molar-refractivity contribution in [2.75, 3.05) is 18.2 Å². The van der Waals surface area contributed by atoms with Gasteiger partial charge < -0.3 is 15.8 Å². The third kappa shape index (κ3) is 2.82. The van der Waals surface area contributed by atoms with Gasteiger partial charge in [0, 0.05) is 17.4 Å². The van der Waals surface area contributed by atoms with Crippen LogP contribution in [0.2, 0.25) is 0 Å². The molecule has 2 aromatic carbocycles. The van der Waals surface area contributed by atoms with Crippen molar-refractivity contribution < 1.29 is 13.9 Å². The number of nitrogen functional groups attached to an aromatic ring is 1. The number of ether oxygens (including phenoxy) is 1. The van der Waals surface area contributed by atoms with E-state index in [4.69, 9.17) is 10.5 Å². The molecule has 2 rings (SSSR count). The number of hydrogen-bond acceptors (Lipinski definition) is 3. The minimum atomic E-state index is -0.540. The third-order valence-electron chi connectivity index (χ3n) is 2.62. The molecule has 0 saturated carbocycles. The van der Waals surface area contributed by atoms with Gasteiger partial charge in [0.05, 0.1) is 12.7 Å². The number of carbonyl (C=O) groups is 1. The van der Waals surface area contributed by atoms with E-state index in [-0.39, 0.29) is 11.7 Å². The number of rotatable bonds is 3. The highest BCUT2D eigenvalue weighted by Gasteiger charge is 2.10. The minimum absolute atomic E-state index is 0.122. The molecular weight excluding hydrogens is 247 g/mol. The molecule has 0 bridgehead atoms. The molecule has 5 heteroatoms. The Morgan fingerprint density at radius 2 is 2.00 bits per heavy atom. The van der Waals surface area contributed by atoms with Gasteiger partial charge in [-0.05, 0) is 24.3 Å². The molecule has 0 fully saturated rings. The highest BCUT2D eigenvalue weighted by atomic mass is 19.1. The molecule has 0 atom stereocenters. The number of methoxy groups -OCH3 is 1. The second-order valence-corrected chi connectivity index (χ2v) is 3.89. The molecule has 3 N–H and O–H groups in total. The van der Waals surface area contributed by atoms with Crippen molar-refractivity contribution >= 4 is 17.3 Å². The molecule has 0 aliphatic heterocycles. The van der Waals surface area contributed by atoms with Crippen molar-refractivity contribution in [3.63, 3.8) is 0 Å². The average Bonchev–Trinajstić information content (AvgIpc) is 2.39. The summed E-state index contributed by atoms with van der Waals surface area (Å²) >= 11 is 0. The summed E-state index contributed by atoms with van der Waals surface area (Å²) in [6, 6.07) is 10.9. The van der Waals surface area contributed by atoms with Crippen LogP contribution >= 0.6 is 0 Å². The van der Waals surface area contributed by atoms with Gasteiger partial charge in [-0.25, -0.2) is 4.39 Å². The number of hydrogen-bond donors (Lipinski definition) is 2. The van der Waals surface area contributed by atoms with Crippen LogP contribution < -0.4 is 15.8 Å². The number of nitrogens with two attached hydrogens (primary N) is 1. The molecule has 1 amide bonds. The Balaban J connectivity index is 2.20. The lowest BCUT2D eigenvalue weighted by atomic mass is 10.1. The standard InChI is InChI=1S/C14H13FN2O2/c1-19-13-7-6-9(8-11(13)15)17-14(18)10-4-2-3-5-12(10)16/h2-8H,16H2,1H3,(H,17,18). The zero-order valence-electron chi connectivity index (χ0n) is 10.3. The van der Waals surface area contributed by atoms with Crippen LogP contribution in [0, 0.1) is 5.82 Å². The fraction of sp³-hybridized carbons (Fsp3) is 0.0714. The van der Waals surface area contributed by atoms with E-state index >= 15 is 0 Å². The monoisotopic (exact) mass is 260 g/mol. The molecule has 0 unspecified atom stereocenters. The average molecular weight is 260 g/mol. The first-order valence-corrected chi connectivity index (χ1v) is 5.61. The van der Waals surface area contributed by atoms with Gasteiger partial charge >= 0.3 is 0 Å². The maximum Gasteiger partial charge on any atom is 0.257 e. The lowest BCUT2D eigenvalue weighted by molar-refractivity contribution is 0.102. The molecule has 98 valence electrons. The molecule has 0 radical (unpaired) electrons. The summed E-state index contributed by atoms with van der Waals surface area (Å²) in [7, 11) is 1.38. The Morgan fingerprint density at radius 3 is 2.63 bits per heavy atom. The summed E-state index contributed by atoms with van der Waals surface area (Å²) in [5, 5.41) is 2.58. The normalized spacial score (nSPS) is 10.0. The zero-order valence-corrected chi connectivity index (χ0v) is 10.3. The van der Waals surface area contributed by atoms with Gasteiger partial charge in [-0.2, -0.15) is 0 Å². The van der Waals surface area contributed by atoms with Crippen LogP contribution in [0.25, 0.3) is 0 Å². The Kier molecular flexibility index (Phi) is 3.66. The van der Waals surface area contributed by atoms with Gasteiger partial charge in [-0.3, -0.25) is 4.79 Å². The van der Waals surface area contributed by atoms with E-state index in [1.165, 1.54) is 19.2 Å². The molecule has 0 aliphatic rings. The topological polar surface area (TPSA) is 64.3 Å². The van der Waals surface area contributed by atoms with E-state index in [1.807, 2.05) is 0 Å². The highest BCUT2D eigenvalue weighted by Crippen LogP contribution is 2.21. The van der Waals surface area contributed by atoms with Gasteiger partial charge in [0.2, 0.25) is 0 Å². The van der Waals surface area contributed by atoms with Crippen molar-refractivity contribution in [2.24, 2.45) is 0 Å². The molecule has 2 aromatic rings. The van der Waals surface area contributed by atoms with Crippen LogP contribution in [0.1, 0.15) is 10.4 Å². The summed E-state index contributed by atoms with van der Waals surface area (Å²) in [6.07, 6.45) is 0. The fourth-order valence-corrected chi connectivity index (χ4v) is 1.65. The second-order valence-electron chi connectivity index (χ2n) is 3.89. The van der Waals surface area contributed by atoms with E-state index in [1.54, 1.807) is 30.3 Å². The summed E-state index contributed by atoms with van der Waals surface area (Å²) in [5.74, 6) is -0.804. The van der Waals surface area contributed by atoms with Crippen molar-refractivity contribution in [3.05, 3.63) is 53.8 Å². The van der Waals surface area contributed by atoms with Crippen LogP contribution in [0.4, 0.5) is 15.8 Å². The molecular formula is C14H13FN2O2. The lowest BCUT2D eigenvalue weighted by Crippen LogP contribution is -2.14. The first-order valence-electron chi connectivity index (χ1n) is 5.61. The summed E-state index contributed by atoms with van der Waals surface area (Å²) < 4.78 is 18.3. The van der Waals surface area contributed by atoms with E-state index in [0.29, 0.717) is 16.9 Å². The van der Waals surface area contributed by atoms with E-state index in [2.05, 4.69) is 5.32 Å². The first kappa shape index (κ1) is 12.9. The molecule has 4 nitrogen and oxygen atoms in total. The summed E-state index contributed by atoms with van der Waals surface area (Å²) in [5.41, 5.74) is 6.75. The highest BCUT2D eigenvalue weighted by molar-refractivity contribution is 6.07. The van der Waals surface area contributed by atoms with Gasteiger partial charge in [0.15, 0.2) is 11.6 Å². The summed E-state index contributed by atoms with van der Waals surface area (Å²) in [6.45, 7) is 0. The Hall–Kier alpha value is -2.56. The van der Waals surface area contributed by atoms with E-state index in [0.717, 1.165) is 0 Å². The largest absolute Gasteiger partial charge is 0.494 e. The maximum atomic E-state index is 13.5. The number of para-hydroxylation sites is 1. The molecule has 0 spiro atoms. The van der Waals surface area contributed by atoms with Crippen molar-refractivity contribution in [1.82, 2.24) is 0 Å². The number of anilines is 2. The fourth-order valence-electron chi connectivity index (χ4n) is 1.65. The van der Waals surface area contributed by atoms with Crippen molar-refractivity contribution in [1.29, 1.82) is 0 Å². The third-order valence-corrected chi connectivity index (χ3v) is 2.62. The zero-order chi connectivity index (χ0) is 13.8.